The highest BCUT2D eigenvalue weighted by Crippen LogP contribution is 2.26. The van der Waals surface area contributed by atoms with Crippen molar-refractivity contribution in [3.63, 3.8) is 0 Å². The average Bonchev–Trinajstić information content (AvgIpc) is 2.10. The van der Waals surface area contributed by atoms with Crippen molar-refractivity contribution in [3.8, 4) is 5.75 Å². The maximum Gasteiger partial charge on any atom is 0.178 e. The fourth-order valence-corrected chi connectivity index (χ4v) is 2.21. The van der Waals surface area contributed by atoms with Crippen LogP contribution in [0.4, 0.5) is 0 Å². The lowest BCUT2D eigenvalue weighted by Gasteiger charge is -2.04. The van der Waals surface area contributed by atoms with E-state index < -0.39 is 0 Å². The second-order valence-corrected chi connectivity index (χ2v) is 4.93. The van der Waals surface area contributed by atoms with E-state index in [1.807, 2.05) is 45.2 Å². The third-order valence-corrected chi connectivity index (χ3v) is 3.44. The minimum Gasteiger partial charge on any atom is -0.507 e. The molecule has 2 nitrogen and oxygen atoms in total. The number of halogens is 3. The summed E-state index contributed by atoms with van der Waals surface area (Å²) >= 11 is 9.39. The molecule has 0 atom stereocenters. The second kappa shape index (κ2) is 4.79. The van der Waals surface area contributed by atoms with Crippen LogP contribution in [-0.4, -0.2) is 16.8 Å². The van der Waals surface area contributed by atoms with E-state index in [-0.39, 0.29) is 17.4 Å². The van der Waals surface area contributed by atoms with E-state index in [1.165, 1.54) is 0 Å². The van der Waals surface area contributed by atoms with Gasteiger partial charge in [0.2, 0.25) is 0 Å². The lowest BCUT2D eigenvalue weighted by Crippen LogP contribution is -2.03. The number of rotatable bonds is 2. The summed E-state index contributed by atoms with van der Waals surface area (Å²) < 4.78 is 1.38. The second-order valence-electron chi connectivity index (χ2n) is 2.34. The number of ketones is 1. The van der Waals surface area contributed by atoms with E-state index in [2.05, 4.69) is 0 Å². The molecule has 0 aliphatic carbocycles. The molecule has 0 unspecified atom stereocenters. The van der Waals surface area contributed by atoms with Crippen LogP contribution in [0.5, 0.6) is 5.75 Å². The van der Waals surface area contributed by atoms with E-state index in [9.17, 15) is 9.90 Å². The lowest BCUT2D eigenvalue weighted by atomic mass is 10.1. The summed E-state index contributed by atoms with van der Waals surface area (Å²) in [5.74, 6) is -0.101. The first kappa shape index (κ1) is 11.5. The molecule has 0 fully saturated rings. The van der Waals surface area contributed by atoms with Crippen molar-refractivity contribution in [2.45, 2.75) is 0 Å². The molecule has 70 valence electrons. The molecule has 0 aromatic heterocycles. The van der Waals surface area contributed by atoms with Gasteiger partial charge in [-0.05, 0) is 57.3 Å². The van der Waals surface area contributed by atoms with Gasteiger partial charge in [0.25, 0.3) is 0 Å². The van der Waals surface area contributed by atoms with Crippen molar-refractivity contribution in [2.24, 2.45) is 0 Å². The quantitative estimate of drug-likeness (QED) is 0.452. The molecule has 0 aliphatic heterocycles. The van der Waals surface area contributed by atoms with E-state index >= 15 is 0 Å². The smallest absolute Gasteiger partial charge is 0.178 e. The van der Waals surface area contributed by atoms with Crippen LogP contribution in [0.25, 0.3) is 0 Å². The molecule has 1 aromatic rings. The Kier molecular flexibility index (Phi) is 4.24. The highest BCUT2D eigenvalue weighted by atomic mass is 127. The number of phenolic OH excluding ortho intramolecular Hbond substituents is 1. The summed E-state index contributed by atoms with van der Waals surface area (Å²) in [5, 5.41) is 9.42. The Bertz CT molecular complexity index is 352. The molecule has 0 aliphatic rings. The molecule has 0 saturated heterocycles. The maximum atomic E-state index is 11.3. The highest BCUT2D eigenvalue weighted by molar-refractivity contribution is 14.1. The van der Waals surface area contributed by atoms with Gasteiger partial charge in [-0.2, -0.15) is 0 Å². The third-order valence-electron chi connectivity index (χ3n) is 1.44. The van der Waals surface area contributed by atoms with Crippen LogP contribution in [0.1, 0.15) is 10.4 Å². The number of carbonyl (C=O) groups excluding carboxylic acids is 1. The molecular weight excluding hydrogens is 417 g/mol. The number of alkyl halides is 1. The summed E-state index contributed by atoms with van der Waals surface area (Å²) in [5.41, 5.74) is 0.486. The minimum absolute atomic E-state index is 0.0600. The topological polar surface area (TPSA) is 37.3 Å². The predicted molar refractivity (Wildman–Crippen MR) is 68.6 cm³/mol. The molecule has 0 radical (unpaired) electrons. The van der Waals surface area contributed by atoms with Crippen LogP contribution in [0.2, 0.25) is 0 Å². The van der Waals surface area contributed by atoms with Gasteiger partial charge in [-0.25, -0.2) is 0 Å². The molecule has 0 spiro atoms. The Morgan fingerprint density at radius 2 is 2.08 bits per heavy atom. The largest absolute Gasteiger partial charge is 0.507 e. The summed E-state index contributed by atoms with van der Waals surface area (Å²) in [6.45, 7) is 0. The average molecular weight is 422 g/mol. The molecule has 5 heteroatoms. The number of phenols is 1. The zero-order chi connectivity index (χ0) is 10.0. The van der Waals surface area contributed by atoms with E-state index in [1.54, 1.807) is 12.1 Å². The number of hydrogen-bond acceptors (Lipinski definition) is 2. The fraction of sp³-hybridized carbons (Fsp3) is 0.125. The zero-order valence-corrected chi connectivity index (χ0v) is 11.4. The summed E-state index contributed by atoms with van der Waals surface area (Å²) in [6.07, 6.45) is 0. The Morgan fingerprint density at radius 1 is 1.46 bits per heavy atom. The number of Topliss-reactive ketones (excluding diaryl/α,β-unsaturated/α-hetero) is 1. The lowest BCUT2D eigenvalue weighted by molar-refractivity contribution is 0.101. The van der Waals surface area contributed by atoms with Gasteiger partial charge < -0.3 is 5.11 Å². The van der Waals surface area contributed by atoms with E-state index in [0.717, 1.165) is 3.57 Å². The van der Waals surface area contributed by atoms with Crippen LogP contribution in [0, 0.1) is 7.14 Å². The third kappa shape index (κ3) is 2.69. The summed E-state index contributed by atoms with van der Waals surface area (Å²) in [7, 11) is 0. The molecule has 1 aromatic carbocycles. The number of hydrogen-bond donors (Lipinski definition) is 1. The van der Waals surface area contributed by atoms with E-state index in [4.69, 9.17) is 11.6 Å². The maximum absolute atomic E-state index is 11.3. The van der Waals surface area contributed by atoms with Gasteiger partial charge in [-0.15, -0.1) is 11.6 Å². The Labute approximate surface area is 108 Å². The molecule has 0 heterocycles. The molecule has 0 amide bonds. The van der Waals surface area contributed by atoms with E-state index in [0.29, 0.717) is 9.13 Å². The fourth-order valence-electron chi connectivity index (χ4n) is 0.850. The van der Waals surface area contributed by atoms with Gasteiger partial charge in [0.05, 0.1) is 9.45 Å². The SMILES string of the molecule is O=C(CCl)c1cc(I)cc(O)c1I. The minimum atomic E-state index is -0.167. The predicted octanol–water partition coefficient (Wildman–Crippen LogP) is 3.02. The first-order valence-electron chi connectivity index (χ1n) is 3.33. The standard InChI is InChI=1S/C8H5ClI2O2/c9-3-7(13)5-1-4(10)2-6(12)8(5)11/h1-2,12H,3H2. The number of benzene rings is 1. The van der Waals surface area contributed by atoms with Crippen molar-refractivity contribution in [3.05, 3.63) is 24.8 Å². The van der Waals surface area contributed by atoms with Crippen LogP contribution in [0.15, 0.2) is 12.1 Å². The normalized spacial score (nSPS) is 10.1. The van der Waals surface area contributed by atoms with Gasteiger partial charge >= 0.3 is 0 Å². The Balaban J connectivity index is 3.28. The van der Waals surface area contributed by atoms with Gasteiger partial charge in [-0.1, -0.05) is 0 Å². The van der Waals surface area contributed by atoms with Crippen molar-refractivity contribution in [1.29, 1.82) is 0 Å². The molecule has 0 bridgehead atoms. The van der Waals surface area contributed by atoms with Crippen molar-refractivity contribution >= 4 is 62.6 Å². The van der Waals surface area contributed by atoms with Gasteiger partial charge in [0.1, 0.15) is 5.75 Å². The van der Waals surface area contributed by atoms with Crippen LogP contribution < -0.4 is 0 Å². The Morgan fingerprint density at radius 3 is 2.62 bits per heavy atom. The molecule has 0 saturated carbocycles. The molecule has 1 rings (SSSR count). The van der Waals surface area contributed by atoms with Crippen LogP contribution >= 0.6 is 56.8 Å². The van der Waals surface area contributed by atoms with Crippen molar-refractivity contribution < 1.29 is 9.90 Å². The van der Waals surface area contributed by atoms with Crippen molar-refractivity contribution in [2.75, 3.05) is 5.88 Å². The monoisotopic (exact) mass is 422 g/mol. The van der Waals surface area contributed by atoms with Crippen LogP contribution in [-0.2, 0) is 0 Å². The molecule has 1 N–H and O–H groups in total. The molecular formula is C8H5ClI2O2. The van der Waals surface area contributed by atoms with Crippen LogP contribution in [0.3, 0.4) is 0 Å². The first-order valence-corrected chi connectivity index (χ1v) is 6.02. The Hall–Kier alpha value is 0.440. The number of carbonyl (C=O) groups is 1. The summed E-state index contributed by atoms with van der Waals surface area (Å²) in [6, 6.07) is 3.32. The van der Waals surface area contributed by atoms with Crippen molar-refractivity contribution in [1.82, 2.24) is 0 Å². The molecule has 13 heavy (non-hydrogen) atoms. The first-order chi connectivity index (χ1) is 6.06. The van der Waals surface area contributed by atoms with Gasteiger partial charge in [0.15, 0.2) is 5.78 Å². The highest BCUT2D eigenvalue weighted by Gasteiger charge is 2.12. The van der Waals surface area contributed by atoms with Gasteiger partial charge in [0, 0.05) is 9.13 Å². The number of aromatic hydroxyl groups is 1. The zero-order valence-electron chi connectivity index (χ0n) is 6.35. The summed E-state index contributed by atoms with van der Waals surface area (Å²) in [4.78, 5) is 11.3. The van der Waals surface area contributed by atoms with Gasteiger partial charge in [-0.3, -0.25) is 4.79 Å².